The number of anilines is 2. The van der Waals surface area contributed by atoms with Gasteiger partial charge in [0.05, 0.1) is 23.4 Å². The molecule has 0 spiro atoms. The number of amides is 2. The lowest BCUT2D eigenvalue weighted by Gasteiger charge is -2.12. The average molecular weight is 353 g/mol. The molecule has 2 N–H and O–H groups in total. The Bertz CT molecular complexity index is 763. The molecule has 7 heteroatoms. The third-order valence-electron chi connectivity index (χ3n) is 3.07. The maximum Gasteiger partial charge on any atom is 0.337 e. The number of methoxy groups -OCH3 is 1. The molecule has 2 aromatic carbocycles. The zero-order valence-electron chi connectivity index (χ0n) is 12.4. The molecule has 2 aromatic rings. The van der Waals surface area contributed by atoms with Crippen molar-refractivity contribution in [3.63, 3.8) is 0 Å². The van der Waals surface area contributed by atoms with E-state index in [-0.39, 0.29) is 5.56 Å². The Morgan fingerprint density at radius 1 is 1.00 bits per heavy atom. The summed E-state index contributed by atoms with van der Waals surface area (Å²) in [6.45, 7) is 1.83. The number of hydrogen-bond donors (Lipinski definition) is 2. The van der Waals surface area contributed by atoms with E-state index in [2.05, 4.69) is 15.4 Å². The Hall–Kier alpha value is -2.24. The van der Waals surface area contributed by atoms with Crippen molar-refractivity contribution in [2.45, 2.75) is 6.92 Å². The predicted octanol–water partition coefficient (Wildman–Crippen LogP) is 4.73. The van der Waals surface area contributed by atoms with Gasteiger partial charge >= 0.3 is 12.0 Å². The summed E-state index contributed by atoms with van der Waals surface area (Å²) >= 11 is 11.9. The van der Waals surface area contributed by atoms with Crippen molar-refractivity contribution in [3.05, 3.63) is 57.6 Å². The molecule has 0 heterocycles. The number of rotatable bonds is 3. The van der Waals surface area contributed by atoms with Gasteiger partial charge < -0.3 is 15.4 Å². The molecular formula is C16H14Cl2N2O3. The van der Waals surface area contributed by atoms with Crippen LogP contribution in [0.2, 0.25) is 10.0 Å². The van der Waals surface area contributed by atoms with Crippen molar-refractivity contribution < 1.29 is 14.3 Å². The van der Waals surface area contributed by atoms with Gasteiger partial charge in [-0.25, -0.2) is 9.59 Å². The second-order valence-corrected chi connectivity index (χ2v) is 5.57. The van der Waals surface area contributed by atoms with Gasteiger partial charge in [0, 0.05) is 10.7 Å². The largest absolute Gasteiger partial charge is 0.465 e. The molecule has 0 aliphatic carbocycles. The highest BCUT2D eigenvalue weighted by Crippen LogP contribution is 2.24. The maximum atomic E-state index is 12.1. The summed E-state index contributed by atoms with van der Waals surface area (Å²) in [5, 5.41) is 6.18. The fourth-order valence-corrected chi connectivity index (χ4v) is 2.30. The van der Waals surface area contributed by atoms with E-state index in [1.54, 1.807) is 18.2 Å². The predicted molar refractivity (Wildman–Crippen MR) is 91.6 cm³/mol. The van der Waals surface area contributed by atoms with Gasteiger partial charge in [-0.3, -0.25) is 0 Å². The first-order chi connectivity index (χ1) is 10.9. The zero-order valence-corrected chi connectivity index (χ0v) is 14.0. The van der Waals surface area contributed by atoms with Crippen LogP contribution in [0.3, 0.4) is 0 Å². The third kappa shape index (κ3) is 4.37. The number of carbonyl (C=O) groups excluding carboxylic acids is 2. The first-order valence-electron chi connectivity index (χ1n) is 6.62. The summed E-state index contributed by atoms with van der Waals surface area (Å²) in [5.74, 6) is -0.515. The Morgan fingerprint density at radius 2 is 1.70 bits per heavy atom. The quantitative estimate of drug-likeness (QED) is 0.784. The molecule has 0 atom stereocenters. The van der Waals surface area contributed by atoms with Crippen LogP contribution in [0, 0.1) is 6.92 Å². The molecule has 0 aliphatic heterocycles. The minimum Gasteiger partial charge on any atom is -0.465 e. The fourth-order valence-electron chi connectivity index (χ4n) is 1.91. The molecule has 0 unspecified atom stereocenters. The van der Waals surface area contributed by atoms with Gasteiger partial charge in [-0.2, -0.15) is 0 Å². The smallest absolute Gasteiger partial charge is 0.337 e. The van der Waals surface area contributed by atoms with E-state index < -0.39 is 12.0 Å². The van der Waals surface area contributed by atoms with Crippen molar-refractivity contribution in [3.8, 4) is 0 Å². The number of hydrogen-bond acceptors (Lipinski definition) is 3. The number of aryl methyl sites for hydroxylation is 1. The average Bonchev–Trinajstić information content (AvgIpc) is 2.51. The lowest BCUT2D eigenvalue weighted by atomic mass is 10.2. The minimum atomic E-state index is -0.515. The van der Waals surface area contributed by atoms with Gasteiger partial charge in [-0.15, -0.1) is 0 Å². The number of nitrogens with one attached hydrogen (secondary N) is 2. The molecule has 0 saturated heterocycles. The summed E-state index contributed by atoms with van der Waals surface area (Å²) in [6.07, 6.45) is 0. The van der Waals surface area contributed by atoms with E-state index in [1.165, 1.54) is 25.3 Å². The van der Waals surface area contributed by atoms with E-state index in [9.17, 15) is 9.59 Å². The molecule has 0 aromatic heterocycles. The van der Waals surface area contributed by atoms with Gasteiger partial charge in [0.15, 0.2) is 0 Å². The molecule has 0 bridgehead atoms. The van der Waals surface area contributed by atoms with Crippen LogP contribution in [0.5, 0.6) is 0 Å². The van der Waals surface area contributed by atoms with Gasteiger partial charge in [0.25, 0.3) is 0 Å². The number of ether oxygens (including phenoxy) is 1. The van der Waals surface area contributed by atoms with E-state index in [0.29, 0.717) is 21.4 Å². The third-order valence-corrected chi connectivity index (χ3v) is 3.64. The SMILES string of the molecule is COC(=O)c1ccc(Cl)c(NC(=O)Nc2ccc(Cl)cc2C)c1. The van der Waals surface area contributed by atoms with Gasteiger partial charge in [0.2, 0.25) is 0 Å². The van der Waals surface area contributed by atoms with Crippen molar-refractivity contribution in [1.82, 2.24) is 0 Å². The molecule has 2 rings (SSSR count). The molecule has 23 heavy (non-hydrogen) atoms. The Balaban J connectivity index is 2.15. The normalized spacial score (nSPS) is 10.1. The monoisotopic (exact) mass is 352 g/mol. The van der Waals surface area contributed by atoms with E-state index in [4.69, 9.17) is 23.2 Å². The molecule has 2 amide bonds. The minimum absolute atomic E-state index is 0.287. The number of carbonyl (C=O) groups is 2. The lowest BCUT2D eigenvalue weighted by Crippen LogP contribution is -2.20. The molecule has 120 valence electrons. The summed E-state index contributed by atoms with van der Waals surface area (Å²) in [7, 11) is 1.28. The Kier molecular flexibility index (Phi) is 5.47. The van der Waals surface area contributed by atoms with Crippen molar-refractivity contribution >= 4 is 46.6 Å². The molecule has 0 radical (unpaired) electrons. The summed E-state index contributed by atoms with van der Waals surface area (Å²) in [5.41, 5.74) is 2.03. The Morgan fingerprint density at radius 3 is 2.35 bits per heavy atom. The highest BCUT2D eigenvalue weighted by molar-refractivity contribution is 6.34. The van der Waals surface area contributed by atoms with Crippen LogP contribution in [0.1, 0.15) is 15.9 Å². The van der Waals surface area contributed by atoms with Crippen LogP contribution in [-0.2, 0) is 4.74 Å². The van der Waals surface area contributed by atoms with Crippen LogP contribution in [0.15, 0.2) is 36.4 Å². The van der Waals surface area contributed by atoms with E-state index >= 15 is 0 Å². The Labute approximate surface area is 143 Å². The molecule has 0 aliphatic rings. The number of urea groups is 1. The maximum absolute atomic E-state index is 12.1. The molecular weight excluding hydrogens is 339 g/mol. The van der Waals surface area contributed by atoms with Crippen molar-refractivity contribution in [2.24, 2.45) is 0 Å². The lowest BCUT2D eigenvalue weighted by molar-refractivity contribution is 0.0600. The van der Waals surface area contributed by atoms with Crippen LogP contribution in [0.4, 0.5) is 16.2 Å². The summed E-state index contributed by atoms with van der Waals surface area (Å²) in [4.78, 5) is 23.6. The van der Waals surface area contributed by atoms with E-state index in [1.807, 2.05) is 6.92 Å². The zero-order chi connectivity index (χ0) is 17.0. The van der Waals surface area contributed by atoms with Crippen LogP contribution in [-0.4, -0.2) is 19.1 Å². The van der Waals surface area contributed by atoms with Crippen LogP contribution in [0.25, 0.3) is 0 Å². The number of esters is 1. The molecule has 0 fully saturated rings. The van der Waals surface area contributed by atoms with E-state index in [0.717, 1.165) is 5.56 Å². The van der Waals surface area contributed by atoms with Crippen LogP contribution < -0.4 is 10.6 Å². The van der Waals surface area contributed by atoms with Gasteiger partial charge in [-0.1, -0.05) is 23.2 Å². The van der Waals surface area contributed by atoms with Gasteiger partial charge in [0.1, 0.15) is 0 Å². The summed E-state index contributed by atoms with van der Waals surface area (Å²) < 4.78 is 4.64. The van der Waals surface area contributed by atoms with Crippen molar-refractivity contribution in [2.75, 3.05) is 17.7 Å². The number of halogens is 2. The first kappa shape index (κ1) is 17.1. The second kappa shape index (κ2) is 7.35. The highest BCUT2D eigenvalue weighted by atomic mass is 35.5. The fraction of sp³-hybridized carbons (Fsp3) is 0.125. The highest BCUT2D eigenvalue weighted by Gasteiger charge is 2.12. The molecule has 5 nitrogen and oxygen atoms in total. The standard InChI is InChI=1S/C16H14Cl2N2O3/c1-9-7-11(17)4-6-13(9)19-16(22)20-14-8-10(15(21)23-2)3-5-12(14)18/h3-8H,1-2H3,(H2,19,20,22). The first-order valence-corrected chi connectivity index (χ1v) is 7.38. The second-order valence-electron chi connectivity index (χ2n) is 4.72. The van der Waals surface area contributed by atoms with Gasteiger partial charge in [-0.05, 0) is 48.9 Å². The van der Waals surface area contributed by atoms with Crippen LogP contribution >= 0.6 is 23.2 Å². The van der Waals surface area contributed by atoms with Crippen molar-refractivity contribution in [1.29, 1.82) is 0 Å². The summed E-state index contributed by atoms with van der Waals surface area (Å²) in [6, 6.07) is 9.10. The number of benzene rings is 2. The topological polar surface area (TPSA) is 67.4 Å². The molecule has 0 saturated carbocycles.